The van der Waals surface area contributed by atoms with Crippen LogP contribution in [0.15, 0.2) is 42.6 Å². The fraction of sp³-hybridized carbons (Fsp3) is 0.300. The number of hydrogen-bond acceptors (Lipinski definition) is 4. The maximum atomic E-state index is 12.6. The van der Waals surface area contributed by atoms with Gasteiger partial charge in [-0.2, -0.15) is 4.68 Å². The van der Waals surface area contributed by atoms with E-state index in [4.69, 9.17) is 0 Å². The van der Waals surface area contributed by atoms with Crippen molar-refractivity contribution in [2.75, 3.05) is 5.32 Å². The maximum absolute atomic E-state index is 12.6. The molecule has 26 heavy (non-hydrogen) atoms. The lowest BCUT2D eigenvalue weighted by Gasteiger charge is -2.06. The van der Waals surface area contributed by atoms with Gasteiger partial charge in [-0.05, 0) is 6.07 Å². The van der Waals surface area contributed by atoms with Crippen LogP contribution in [0.4, 0.5) is 5.82 Å². The van der Waals surface area contributed by atoms with E-state index < -0.39 is 0 Å². The van der Waals surface area contributed by atoms with Gasteiger partial charge < -0.3 is 5.32 Å². The predicted octanol–water partition coefficient (Wildman–Crippen LogP) is 3.99. The van der Waals surface area contributed by atoms with Crippen LogP contribution in [0.25, 0.3) is 22.2 Å². The monoisotopic (exact) mass is 350 g/mol. The molecule has 0 atom stereocenters. The number of rotatable bonds is 4. The lowest BCUT2D eigenvalue weighted by molar-refractivity contribution is -0.118. The number of carbonyl (C=O) groups is 2. The summed E-state index contributed by atoms with van der Waals surface area (Å²) in [4.78, 5) is 29.2. The highest BCUT2D eigenvalue weighted by Gasteiger charge is 2.21. The van der Waals surface area contributed by atoms with Crippen LogP contribution in [0.2, 0.25) is 0 Å². The SMILES string of the molecule is CC(C)C(=O)Nc1nn(C(=O)C(C)C)c2cc(-c3ccccc3)ncc12. The number of fused-ring (bicyclic) bond motifs is 1. The number of nitrogens with zero attached hydrogens (tertiary/aromatic N) is 3. The maximum Gasteiger partial charge on any atom is 0.250 e. The van der Waals surface area contributed by atoms with Crippen molar-refractivity contribution in [3.63, 3.8) is 0 Å². The molecule has 0 aliphatic rings. The zero-order valence-corrected chi connectivity index (χ0v) is 15.4. The van der Waals surface area contributed by atoms with Gasteiger partial charge in [-0.3, -0.25) is 14.6 Å². The number of pyridine rings is 1. The Balaban J connectivity index is 2.16. The molecule has 2 aromatic heterocycles. The molecular weight excluding hydrogens is 328 g/mol. The molecule has 0 bridgehead atoms. The van der Waals surface area contributed by atoms with Gasteiger partial charge in [-0.1, -0.05) is 58.0 Å². The van der Waals surface area contributed by atoms with Crippen molar-refractivity contribution >= 4 is 28.5 Å². The molecule has 1 aromatic carbocycles. The Hall–Kier alpha value is -3.02. The van der Waals surface area contributed by atoms with E-state index in [1.54, 1.807) is 20.0 Å². The summed E-state index contributed by atoms with van der Waals surface area (Å²) in [7, 11) is 0. The van der Waals surface area contributed by atoms with Gasteiger partial charge in [-0.15, -0.1) is 5.10 Å². The highest BCUT2D eigenvalue weighted by molar-refractivity contribution is 6.03. The number of carbonyl (C=O) groups excluding carboxylic acids is 2. The molecule has 134 valence electrons. The minimum Gasteiger partial charge on any atom is -0.308 e. The third kappa shape index (κ3) is 3.35. The summed E-state index contributed by atoms with van der Waals surface area (Å²) < 4.78 is 1.37. The van der Waals surface area contributed by atoms with E-state index in [1.807, 2.05) is 50.2 Å². The average molecular weight is 350 g/mol. The van der Waals surface area contributed by atoms with Crippen LogP contribution in [-0.4, -0.2) is 26.6 Å². The van der Waals surface area contributed by atoms with E-state index in [0.29, 0.717) is 16.7 Å². The quantitative estimate of drug-likeness (QED) is 0.772. The van der Waals surface area contributed by atoms with Crippen molar-refractivity contribution in [3.05, 3.63) is 42.6 Å². The minimum absolute atomic E-state index is 0.134. The summed E-state index contributed by atoms with van der Waals surface area (Å²) in [6.07, 6.45) is 1.66. The highest BCUT2D eigenvalue weighted by Crippen LogP contribution is 2.27. The van der Waals surface area contributed by atoms with Gasteiger partial charge in [0.15, 0.2) is 5.82 Å². The van der Waals surface area contributed by atoms with Crippen molar-refractivity contribution in [1.29, 1.82) is 0 Å². The lowest BCUT2D eigenvalue weighted by Crippen LogP contribution is -2.20. The van der Waals surface area contributed by atoms with Crippen LogP contribution in [0.3, 0.4) is 0 Å². The Morgan fingerprint density at radius 3 is 2.35 bits per heavy atom. The van der Waals surface area contributed by atoms with Crippen molar-refractivity contribution in [3.8, 4) is 11.3 Å². The Bertz CT molecular complexity index is 959. The molecule has 0 saturated carbocycles. The number of amides is 1. The molecule has 0 aliphatic heterocycles. The van der Waals surface area contributed by atoms with E-state index in [9.17, 15) is 9.59 Å². The van der Waals surface area contributed by atoms with Crippen LogP contribution in [0.5, 0.6) is 0 Å². The number of aromatic nitrogens is 3. The average Bonchev–Trinajstić information content (AvgIpc) is 2.99. The molecular formula is C20H22N4O2. The summed E-state index contributed by atoms with van der Waals surface area (Å²) >= 11 is 0. The number of anilines is 1. The Kier molecular flexibility index (Phi) is 4.84. The fourth-order valence-corrected chi connectivity index (χ4v) is 2.54. The summed E-state index contributed by atoms with van der Waals surface area (Å²) in [5, 5.41) is 7.80. The normalized spacial score (nSPS) is 11.3. The zero-order chi connectivity index (χ0) is 18.8. The van der Waals surface area contributed by atoms with Gasteiger partial charge in [0.1, 0.15) is 0 Å². The third-order valence-electron chi connectivity index (χ3n) is 4.10. The predicted molar refractivity (Wildman–Crippen MR) is 102 cm³/mol. The van der Waals surface area contributed by atoms with Crippen LogP contribution in [0, 0.1) is 11.8 Å². The summed E-state index contributed by atoms with van der Waals surface area (Å²) in [6, 6.07) is 11.6. The first-order chi connectivity index (χ1) is 12.4. The van der Waals surface area contributed by atoms with E-state index in [-0.39, 0.29) is 23.7 Å². The second-order valence-electron chi connectivity index (χ2n) is 6.85. The first-order valence-corrected chi connectivity index (χ1v) is 8.67. The molecule has 0 saturated heterocycles. The van der Waals surface area contributed by atoms with Gasteiger partial charge >= 0.3 is 0 Å². The second-order valence-corrected chi connectivity index (χ2v) is 6.85. The standard InChI is InChI=1S/C20H22N4O2/c1-12(2)19(25)22-18-15-11-21-16(14-8-6-5-7-9-14)10-17(15)24(23-18)20(26)13(3)4/h5-13H,1-4H3,(H,22,23,25). The van der Waals surface area contributed by atoms with Gasteiger partial charge in [-0.25, -0.2) is 0 Å². The number of benzene rings is 1. The molecule has 1 amide bonds. The lowest BCUT2D eigenvalue weighted by atomic mass is 10.1. The number of hydrogen-bond donors (Lipinski definition) is 1. The summed E-state index contributed by atoms with van der Waals surface area (Å²) in [6.45, 7) is 7.25. The highest BCUT2D eigenvalue weighted by atomic mass is 16.2. The van der Waals surface area contributed by atoms with Crippen molar-refractivity contribution in [1.82, 2.24) is 14.8 Å². The van der Waals surface area contributed by atoms with Gasteiger partial charge in [0.25, 0.3) is 0 Å². The molecule has 3 aromatic rings. The molecule has 2 heterocycles. The molecule has 0 fully saturated rings. The van der Waals surface area contributed by atoms with Crippen LogP contribution in [-0.2, 0) is 4.79 Å². The Labute approximate surface area is 152 Å². The second kappa shape index (κ2) is 7.07. The molecule has 6 heteroatoms. The minimum atomic E-state index is -0.222. The van der Waals surface area contributed by atoms with E-state index in [2.05, 4.69) is 15.4 Å². The van der Waals surface area contributed by atoms with Gasteiger partial charge in [0.2, 0.25) is 11.8 Å². The molecule has 0 radical (unpaired) electrons. The Morgan fingerprint density at radius 1 is 1.04 bits per heavy atom. The fourth-order valence-electron chi connectivity index (χ4n) is 2.54. The molecule has 3 rings (SSSR count). The van der Waals surface area contributed by atoms with Gasteiger partial charge in [0.05, 0.1) is 16.6 Å². The molecule has 0 aliphatic carbocycles. The topological polar surface area (TPSA) is 76.9 Å². The van der Waals surface area contributed by atoms with E-state index >= 15 is 0 Å². The first kappa shape index (κ1) is 17.8. The molecule has 0 spiro atoms. The molecule has 0 unspecified atom stereocenters. The summed E-state index contributed by atoms with van der Waals surface area (Å²) in [5.74, 6) is -0.335. The van der Waals surface area contributed by atoms with E-state index in [1.165, 1.54) is 4.68 Å². The van der Waals surface area contributed by atoms with Crippen LogP contribution >= 0.6 is 0 Å². The largest absolute Gasteiger partial charge is 0.308 e. The van der Waals surface area contributed by atoms with Crippen molar-refractivity contribution in [2.24, 2.45) is 11.8 Å². The van der Waals surface area contributed by atoms with Crippen molar-refractivity contribution in [2.45, 2.75) is 27.7 Å². The smallest absolute Gasteiger partial charge is 0.250 e. The van der Waals surface area contributed by atoms with Crippen LogP contribution < -0.4 is 5.32 Å². The Morgan fingerprint density at radius 2 is 1.73 bits per heavy atom. The zero-order valence-electron chi connectivity index (χ0n) is 15.4. The van der Waals surface area contributed by atoms with Gasteiger partial charge in [0, 0.05) is 23.6 Å². The first-order valence-electron chi connectivity index (χ1n) is 8.67. The molecule has 6 nitrogen and oxygen atoms in total. The number of nitrogens with one attached hydrogen (secondary N) is 1. The molecule has 1 N–H and O–H groups in total. The van der Waals surface area contributed by atoms with E-state index in [0.717, 1.165) is 11.3 Å². The van der Waals surface area contributed by atoms with Crippen LogP contribution in [0.1, 0.15) is 32.5 Å². The summed E-state index contributed by atoms with van der Waals surface area (Å²) in [5.41, 5.74) is 2.33. The third-order valence-corrected chi connectivity index (χ3v) is 4.10. The van der Waals surface area contributed by atoms with Crippen molar-refractivity contribution < 1.29 is 9.59 Å².